The molecule has 0 amide bonds. The summed E-state index contributed by atoms with van der Waals surface area (Å²) in [5, 5.41) is 38.1. The molecular formula is C26H24BBrN2O6. The number of benzene rings is 4. The van der Waals surface area contributed by atoms with E-state index in [0.29, 0.717) is 5.46 Å². The van der Waals surface area contributed by atoms with E-state index in [4.69, 9.17) is 10.0 Å². The minimum atomic E-state index is -1.35. The van der Waals surface area contributed by atoms with Crippen molar-refractivity contribution in [3.05, 3.63) is 133 Å². The summed E-state index contributed by atoms with van der Waals surface area (Å²) in [4.78, 5) is 19.8. The number of nitro groups is 2. The lowest BCUT2D eigenvalue weighted by Gasteiger charge is -2.04. The molecule has 0 aliphatic carbocycles. The summed E-state index contributed by atoms with van der Waals surface area (Å²) in [7, 11) is -1.35. The van der Waals surface area contributed by atoms with Gasteiger partial charge in [-0.1, -0.05) is 70.0 Å². The Morgan fingerprint density at radius 1 is 0.667 bits per heavy atom. The number of rotatable bonds is 4. The van der Waals surface area contributed by atoms with E-state index in [1.54, 1.807) is 36.4 Å². The van der Waals surface area contributed by atoms with Gasteiger partial charge in [-0.25, -0.2) is 0 Å². The first-order chi connectivity index (χ1) is 17.1. The van der Waals surface area contributed by atoms with Gasteiger partial charge in [0.1, 0.15) is 0 Å². The molecule has 0 heterocycles. The van der Waals surface area contributed by atoms with Crippen molar-refractivity contribution >= 4 is 39.9 Å². The molecule has 0 aromatic heterocycles. The van der Waals surface area contributed by atoms with Crippen LogP contribution in [0.15, 0.2) is 102 Å². The molecule has 0 spiro atoms. The minimum Gasteiger partial charge on any atom is -0.423 e. The van der Waals surface area contributed by atoms with Crippen LogP contribution in [0.25, 0.3) is 11.1 Å². The van der Waals surface area contributed by atoms with Crippen LogP contribution >= 0.6 is 15.9 Å². The lowest BCUT2D eigenvalue weighted by Crippen LogP contribution is -2.31. The second-order valence-corrected chi connectivity index (χ2v) is 8.50. The number of nitrogens with zero attached hydrogens (tertiary/aromatic N) is 2. The largest absolute Gasteiger partial charge is 0.488 e. The van der Waals surface area contributed by atoms with E-state index in [9.17, 15) is 20.2 Å². The van der Waals surface area contributed by atoms with Gasteiger partial charge in [-0.15, -0.1) is 0 Å². The fourth-order valence-electron chi connectivity index (χ4n) is 3.10. The molecule has 0 saturated carbocycles. The van der Waals surface area contributed by atoms with Gasteiger partial charge in [0.2, 0.25) is 0 Å². The van der Waals surface area contributed by atoms with Gasteiger partial charge in [0.05, 0.1) is 9.85 Å². The first-order valence-electron chi connectivity index (χ1n) is 10.7. The number of hydrogen-bond acceptors (Lipinski definition) is 6. The van der Waals surface area contributed by atoms with E-state index in [1.165, 1.54) is 24.3 Å². The maximum absolute atomic E-state index is 10.5. The molecule has 4 aromatic carbocycles. The van der Waals surface area contributed by atoms with Crippen molar-refractivity contribution in [3.63, 3.8) is 0 Å². The molecule has 0 atom stereocenters. The molecule has 8 nitrogen and oxygen atoms in total. The lowest BCUT2D eigenvalue weighted by molar-refractivity contribution is -0.385. The highest BCUT2D eigenvalue weighted by atomic mass is 79.9. The first kappa shape index (κ1) is 28.4. The summed E-state index contributed by atoms with van der Waals surface area (Å²) in [5.74, 6) is 0. The fourth-order valence-corrected chi connectivity index (χ4v) is 3.36. The van der Waals surface area contributed by atoms with Gasteiger partial charge in [-0.3, -0.25) is 20.2 Å². The number of halogens is 1. The van der Waals surface area contributed by atoms with Crippen molar-refractivity contribution in [2.24, 2.45) is 0 Å². The Kier molecular flexibility index (Phi) is 10.9. The molecule has 0 fully saturated rings. The first-order valence-corrected chi connectivity index (χ1v) is 11.5. The Morgan fingerprint density at radius 2 is 1.11 bits per heavy atom. The summed E-state index contributed by atoms with van der Waals surface area (Å²) in [6, 6.07) is 27.9. The molecule has 4 aromatic rings. The average molecular weight is 551 g/mol. The predicted molar refractivity (Wildman–Crippen MR) is 145 cm³/mol. The highest BCUT2D eigenvalue weighted by Crippen LogP contribution is 2.25. The summed E-state index contributed by atoms with van der Waals surface area (Å²) in [5.41, 5.74) is 4.98. The van der Waals surface area contributed by atoms with Crippen molar-refractivity contribution in [2.75, 3.05) is 0 Å². The SMILES string of the molecule is Cc1ccccc1-c1ccc([N+](=O)[O-])cc1.Cc1ccccc1B(O)O.O=[N+]([O-])c1ccc(Br)cc1. The second-order valence-electron chi connectivity index (χ2n) is 7.58. The Morgan fingerprint density at radius 3 is 1.53 bits per heavy atom. The number of aryl methyl sites for hydroxylation is 2. The maximum atomic E-state index is 10.5. The quantitative estimate of drug-likeness (QED) is 0.193. The van der Waals surface area contributed by atoms with Crippen LogP contribution in [-0.2, 0) is 0 Å². The molecule has 0 aliphatic rings. The monoisotopic (exact) mass is 550 g/mol. The van der Waals surface area contributed by atoms with Crippen LogP contribution in [0.1, 0.15) is 11.1 Å². The molecule has 0 aliphatic heterocycles. The zero-order chi connectivity index (χ0) is 26.7. The third-order valence-electron chi connectivity index (χ3n) is 5.04. The van der Waals surface area contributed by atoms with Gasteiger partial charge in [0.25, 0.3) is 11.4 Å². The van der Waals surface area contributed by atoms with Gasteiger partial charge in [0.15, 0.2) is 0 Å². The normalized spacial score (nSPS) is 9.69. The Balaban J connectivity index is 0.000000200. The Hall–Kier alpha value is -3.86. The van der Waals surface area contributed by atoms with Crippen LogP contribution in [0.4, 0.5) is 11.4 Å². The molecule has 0 unspecified atom stereocenters. The Bertz CT molecular complexity index is 1300. The summed E-state index contributed by atoms with van der Waals surface area (Å²) >= 11 is 3.17. The van der Waals surface area contributed by atoms with Gasteiger partial charge in [-0.2, -0.15) is 0 Å². The lowest BCUT2D eigenvalue weighted by atomic mass is 9.77. The van der Waals surface area contributed by atoms with Crippen molar-refractivity contribution in [1.29, 1.82) is 0 Å². The topological polar surface area (TPSA) is 127 Å². The van der Waals surface area contributed by atoms with Crippen LogP contribution in [0, 0.1) is 34.1 Å². The van der Waals surface area contributed by atoms with Crippen LogP contribution < -0.4 is 5.46 Å². The van der Waals surface area contributed by atoms with E-state index in [1.807, 2.05) is 50.2 Å². The highest BCUT2D eigenvalue weighted by Gasteiger charge is 2.11. The Labute approximate surface area is 217 Å². The second kappa shape index (κ2) is 13.9. The van der Waals surface area contributed by atoms with Gasteiger partial charge < -0.3 is 10.0 Å². The predicted octanol–water partition coefficient (Wildman–Crippen LogP) is 5.60. The van der Waals surface area contributed by atoms with Crippen molar-refractivity contribution in [1.82, 2.24) is 0 Å². The fraction of sp³-hybridized carbons (Fsp3) is 0.0769. The molecule has 0 radical (unpaired) electrons. The summed E-state index contributed by atoms with van der Waals surface area (Å²) in [6.45, 7) is 3.87. The smallest absolute Gasteiger partial charge is 0.423 e. The van der Waals surface area contributed by atoms with Gasteiger partial charge in [0, 0.05) is 28.7 Å². The van der Waals surface area contributed by atoms with Crippen LogP contribution in [0.2, 0.25) is 0 Å². The molecule has 10 heteroatoms. The molecule has 2 N–H and O–H groups in total. The maximum Gasteiger partial charge on any atom is 0.488 e. The van der Waals surface area contributed by atoms with E-state index >= 15 is 0 Å². The third-order valence-corrected chi connectivity index (χ3v) is 5.57. The van der Waals surface area contributed by atoms with Crippen molar-refractivity contribution in [3.8, 4) is 11.1 Å². The highest BCUT2D eigenvalue weighted by molar-refractivity contribution is 9.10. The standard InChI is InChI=1S/C13H11NO2.C7H9BO2.C6H4BrNO2/c1-10-4-2-3-5-13(10)11-6-8-12(9-7-11)14(15)16;1-6-4-2-3-5-7(6)8(9)10;7-5-1-3-6(4-2-5)8(9)10/h2-9H,1H3;2-5,9-10H,1H3;1-4H. The molecule has 0 bridgehead atoms. The van der Waals surface area contributed by atoms with Gasteiger partial charge >= 0.3 is 7.12 Å². The van der Waals surface area contributed by atoms with Crippen LogP contribution in [-0.4, -0.2) is 27.0 Å². The van der Waals surface area contributed by atoms with Crippen molar-refractivity contribution in [2.45, 2.75) is 13.8 Å². The summed E-state index contributed by atoms with van der Waals surface area (Å²) in [6.07, 6.45) is 0. The molecule has 0 saturated heterocycles. The third kappa shape index (κ3) is 8.73. The number of non-ortho nitro benzene ring substituents is 2. The molecule has 4 rings (SSSR count). The van der Waals surface area contributed by atoms with Crippen LogP contribution in [0.5, 0.6) is 0 Å². The molecule has 184 valence electrons. The van der Waals surface area contributed by atoms with E-state index in [0.717, 1.165) is 26.7 Å². The molecular weight excluding hydrogens is 527 g/mol. The number of nitro benzene ring substituents is 2. The van der Waals surface area contributed by atoms with E-state index in [2.05, 4.69) is 15.9 Å². The van der Waals surface area contributed by atoms with Crippen LogP contribution in [0.3, 0.4) is 0 Å². The van der Waals surface area contributed by atoms with E-state index in [-0.39, 0.29) is 16.3 Å². The summed E-state index contributed by atoms with van der Waals surface area (Å²) < 4.78 is 0.845. The molecule has 36 heavy (non-hydrogen) atoms. The average Bonchev–Trinajstić information content (AvgIpc) is 2.85. The number of hydrogen-bond donors (Lipinski definition) is 2. The van der Waals surface area contributed by atoms with Gasteiger partial charge in [-0.05, 0) is 60.3 Å². The zero-order valence-corrected chi connectivity index (χ0v) is 21.2. The van der Waals surface area contributed by atoms with Crippen molar-refractivity contribution < 1.29 is 19.9 Å². The zero-order valence-electron chi connectivity index (χ0n) is 19.6. The minimum absolute atomic E-state index is 0.114. The van der Waals surface area contributed by atoms with E-state index < -0.39 is 12.0 Å².